The molecular weight excluding hydrogens is 388 g/mol. The zero-order chi connectivity index (χ0) is 20.8. The van der Waals surface area contributed by atoms with E-state index in [-0.39, 0.29) is 12.0 Å². The van der Waals surface area contributed by atoms with Crippen LogP contribution in [-0.2, 0) is 9.53 Å². The van der Waals surface area contributed by atoms with Crippen LogP contribution in [0.25, 0.3) is 11.3 Å². The van der Waals surface area contributed by atoms with E-state index >= 15 is 0 Å². The van der Waals surface area contributed by atoms with Crippen molar-refractivity contribution in [2.24, 2.45) is 0 Å². The lowest BCUT2D eigenvalue weighted by atomic mass is 10.0. The van der Waals surface area contributed by atoms with E-state index in [1.165, 1.54) is 17.3 Å². The van der Waals surface area contributed by atoms with E-state index in [9.17, 15) is 9.59 Å². The van der Waals surface area contributed by atoms with Crippen LogP contribution in [0, 0.1) is 13.8 Å². The number of aryl methyl sites for hydroxylation is 2. The average molecular weight is 415 g/mol. The minimum absolute atomic E-state index is 0.0405. The number of thioether (sulfide) groups is 1. The average Bonchev–Trinajstić information content (AvgIpc) is 2.73. The Morgan fingerprint density at radius 1 is 1.03 bits per heavy atom. The van der Waals surface area contributed by atoms with Crippen molar-refractivity contribution < 1.29 is 14.3 Å². The second-order valence-corrected chi connectivity index (χ2v) is 7.93. The molecule has 0 bridgehead atoms. The molecular formula is C21H26N4O3S. The molecule has 0 aliphatic carbocycles. The van der Waals surface area contributed by atoms with Crippen molar-refractivity contribution in [3.63, 3.8) is 0 Å². The molecule has 2 heterocycles. The standard InChI is InChI=1S/C21H26N4O3S/c1-4-28-21(27)25-11-9-24(10-12-25)20(26)14-29-19-8-7-18(22-23-19)17-6-5-15(2)13-16(17)3/h5-8,13H,4,9-12,14H2,1-3H3. The first-order chi connectivity index (χ1) is 14.0. The van der Waals surface area contributed by atoms with E-state index in [2.05, 4.69) is 42.2 Å². The fraction of sp³-hybridized carbons (Fsp3) is 0.429. The van der Waals surface area contributed by atoms with Gasteiger partial charge in [0.2, 0.25) is 5.91 Å². The van der Waals surface area contributed by atoms with Crippen LogP contribution in [0.5, 0.6) is 0 Å². The molecule has 1 aliphatic rings. The number of carbonyl (C=O) groups excluding carboxylic acids is 2. The lowest BCUT2D eigenvalue weighted by Gasteiger charge is -2.34. The van der Waals surface area contributed by atoms with Crippen LogP contribution >= 0.6 is 11.8 Å². The first kappa shape index (κ1) is 21.1. The van der Waals surface area contributed by atoms with E-state index in [1.807, 2.05) is 12.1 Å². The first-order valence-electron chi connectivity index (χ1n) is 9.71. The largest absolute Gasteiger partial charge is 0.450 e. The molecule has 0 atom stereocenters. The van der Waals surface area contributed by atoms with E-state index in [1.54, 1.807) is 16.7 Å². The Balaban J connectivity index is 1.50. The second kappa shape index (κ2) is 9.73. The molecule has 0 saturated carbocycles. The van der Waals surface area contributed by atoms with Gasteiger partial charge in [-0.15, -0.1) is 10.2 Å². The quantitative estimate of drug-likeness (QED) is 0.700. The lowest BCUT2D eigenvalue weighted by Crippen LogP contribution is -2.51. The van der Waals surface area contributed by atoms with Crippen LogP contribution in [0.4, 0.5) is 4.79 Å². The molecule has 1 saturated heterocycles. The van der Waals surface area contributed by atoms with Crippen molar-refractivity contribution in [1.29, 1.82) is 0 Å². The molecule has 3 rings (SSSR count). The molecule has 8 heteroatoms. The monoisotopic (exact) mass is 414 g/mol. The van der Waals surface area contributed by atoms with Crippen LogP contribution in [0.15, 0.2) is 35.4 Å². The number of nitrogens with zero attached hydrogens (tertiary/aromatic N) is 4. The van der Waals surface area contributed by atoms with Crippen molar-refractivity contribution in [3.8, 4) is 11.3 Å². The molecule has 1 aromatic heterocycles. The summed E-state index contributed by atoms with van der Waals surface area (Å²) in [5.41, 5.74) is 4.27. The van der Waals surface area contributed by atoms with Crippen molar-refractivity contribution in [2.45, 2.75) is 25.8 Å². The summed E-state index contributed by atoms with van der Waals surface area (Å²) in [4.78, 5) is 27.6. The van der Waals surface area contributed by atoms with Crippen molar-refractivity contribution in [2.75, 3.05) is 38.5 Å². The van der Waals surface area contributed by atoms with Gasteiger partial charge >= 0.3 is 6.09 Å². The third kappa shape index (κ3) is 5.47. The molecule has 2 amide bonds. The van der Waals surface area contributed by atoms with Gasteiger partial charge in [-0.1, -0.05) is 35.5 Å². The topological polar surface area (TPSA) is 75.6 Å². The summed E-state index contributed by atoms with van der Waals surface area (Å²) in [5, 5.41) is 9.31. The number of amides is 2. The summed E-state index contributed by atoms with van der Waals surface area (Å²) in [6.45, 7) is 8.32. The minimum Gasteiger partial charge on any atom is -0.450 e. The fourth-order valence-corrected chi connectivity index (χ4v) is 3.94. The van der Waals surface area contributed by atoms with Crippen LogP contribution in [0.1, 0.15) is 18.1 Å². The van der Waals surface area contributed by atoms with Gasteiger partial charge in [-0.2, -0.15) is 0 Å². The number of piperazine rings is 1. The molecule has 0 radical (unpaired) electrons. The van der Waals surface area contributed by atoms with Gasteiger partial charge in [-0.05, 0) is 38.5 Å². The van der Waals surface area contributed by atoms with Crippen LogP contribution in [0.3, 0.4) is 0 Å². The summed E-state index contributed by atoms with van der Waals surface area (Å²) < 4.78 is 5.00. The summed E-state index contributed by atoms with van der Waals surface area (Å²) in [6, 6.07) is 10.1. The summed E-state index contributed by atoms with van der Waals surface area (Å²) >= 11 is 1.38. The Morgan fingerprint density at radius 3 is 2.38 bits per heavy atom. The van der Waals surface area contributed by atoms with E-state index in [0.29, 0.717) is 38.5 Å². The van der Waals surface area contributed by atoms with Gasteiger partial charge in [0.05, 0.1) is 18.1 Å². The first-order valence-corrected chi connectivity index (χ1v) is 10.7. The zero-order valence-electron chi connectivity index (χ0n) is 17.1. The Kier molecular flexibility index (Phi) is 7.09. The Morgan fingerprint density at radius 2 is 1.76 bits per heavy atom. The number of rotatable bonds is 5. The Hall–Kier alpha value is -2.61. The highest BCUT2D eigenvalue weighted by Crippen LogP contribution is 2.24. The van der Waals surface area contributed by atoms with Crippen molar-refractivity contribution >= 4 is 23.8 Å². The van der Waals surface area contributed by atoms with Crippen molar-refractivity contribution in [1.82, 2.24) is 20.0 Å². The number of hydrogen-bond acceptors (Lipinski definition) is 6. The maximum atomic E-state index is 12.5. The van der Waals surface area contributed by atoms with Gasteiger partial charge in [-0.25, -0.2) is 4.79 Å². The molecule has 1 fully saturated rings. The SMILES string of the molecule is CCOC(=O)N1CCN(C(=O)CSc2ccc(-c3ccc(C)cc3C)nn2)CC1. The molecule has 0 unspecified atom stereocenters. The number of carbonyl (C=O) groups is 2. The third-order valence-electron chi connectivity index (χ3n) is 4.80. The molecule has 1 aromatic carbocycles. The number of ether oxygens (including phenoxy) is 1. The highest BCUT2D eigenvalue weighted by Gasteiger charge is 2.24. The fourth-order valence-electron chi connectivity index (χ4n) is 3.22. The van der Waals surface area contributed by atoms with Gasteiger partial charge in [0.15, 0.2) is 0 Å². The van der Waals surface area contributed by atoms with Crippen LogP contribution < -0.4 is 0 Å². The molecule has 7 nitrogen and oxygen atoms in total. The predicted octanol–water partition coefficient (Wildman–Crippen LogP) is 3.15. The Bertz CT molecular complexity index is 865. The molecule has 1 aliphatic heterocycles. The third-order valence-corrected chi connectivity index (χ3v) is 5.70. The van der Waals surface area contributed by atoms with Crippen molar-refractivity contribution in [3.05, 3.63) is 41.5 Å². The molecule has 0 N–H and O–H groups in total. The van der Waals surface area contributed by atoms with E-state index < -0.39 is 0 Å². The maximum absolute atomic E-state index is 12.5. The van der Waals surface area contributed by atoms with Gasteiger partial charge in [0, 0.05) is 31.7 Å². The Labute approximate surface area is 175 Å². The highest BCUT2D eigenvalue weighted by molar-refractivity contribution is 7.99. The van der Waals surface area contributed by atoms with Gasteiger partial charge in [0.25, 0.3) is 0 Å². The maximum Gasteiger partial charge on any atom is 0.409 e. The number of aromatic nitrogens is 2. The molecule has 2 aromatic rings. The predicted molar refractivity (Wildman–Crippen MR) is 113 cm³/mol. The lowest BCUT2D eigenvalue weighted by molar-refractivity contribution is -0.129. The van der Waals surface area contributed by atoms with Gasteiger partial charge in [-0.3, -0.25) is 4.79 Å². The number of benzene rings is 1. The zero-order valence-corrected chi connectivity index (χ0v) is 17.9. The van der Waals surface area contributed by atoms with Crippen LogP contribution in [0.2, 0.25) is 0 Å². The second-order valence-electron chi connectivity index (χ2n) is 6.93. The van der Waals surface area contributed by atoms with E-state index in [4.69, 9.17) is 4.74 Å². The van der Waals surface area contributed by atoms with E-state index in [0.717, 1.165) is 21.8 Å². The molecule has 0 spiro atoms. The van der Waals surface area contributed by atoms with Crippen LogP contribution in [-0.4, -0.2) is 70.5 Å². The number of hydrogen-bond donors (Lipinski definition) is 0. The summed E-state index contributed by atoms with van der Waals surface area (Å²) in [5.74, 6) is 0.343. The normalized spacial score (nSPS) is 14.0. The van der Waals surface area contributed by atoms with Gasteiger partial charge < -0.3 is 14.5 Å². The minimum atomic E-state index is -0.312. The smallest absolute Gasteiger partial charge is 0.409 e. The summed E-state index contributed by atoms with van der Waals surface area (Å²) in [7, 11) is 0. The summed E-state index contributed by atoms with van der Waals surface area (Å²) in [6.07, 6.45) is -0.312. The van der Waals surface area contributed by atoms with Gasteiger partial charge in [0.1, 0.15) is 5.03 Å². The molecule has 29 heavy (non-hydrogen) atoms. The molecule has 154 valence electrons. The highest BCUT2D eigenvalue weighted by atomic mass is 32.2.